The number of carbonyl (C=O) groups is 1. The van der Waals surface area contributed by atoms with E-state index >= 15 is 0 Å². The van der Waals surface area contributed by atoms with Crippen LogP contribution in [-0.4, -0.2) is 39.9 Å². The highest BCUT2D eigenvalue weighted by Crippen LogP contribution is 2.27. The Balaban J connectivity index is 0.00000140. The fourth-order valence-electron chi connectivity index (χ4n) is 3.36. The van der Waals surface area contributed by atoms with Crippen LogP contribution in [0.2, 0.25) is 0 Å². The van der Waals surface area contributed by atoms with E-state index in [4.69, 9.17) is 5.73 Å². The predicted molar refractivity (Wildman–Crippen MR) is 117 cm³/mol. The zero-order valence-electron chi connectivity index (χ0n) is 15.1. The molecule has 5 nitrogen and oxygen atoms in total. The van der Waals surface area contributed by atoms with Crippen molar-refractivity contribution in [3.63, 3.8) is 0 Å². The average Bonchev–Trinajstić information content (AvgIpc) is 3.30. The maximum atomic E-state index is 12.7. The first-order valence-corrected chi connectivity index (χ1v) is 9.52. The summed E-state index contributed by atoms with van der Waals surface area (Å²) in [6.07, 6.45) is 3.83. The molecule has 0 radical (unpaired) electrons. The molecule has 1 aliphatic rings. The van der Waals surface area contributed by atoms with Crippen LogP contribution < -0.4 is 5.73 Å². The third-order valence-electron chi connectivity index (χ3n) is 4.74. The summed E-state index contributed by atoms with van der Waals surface area (Å²) in [5.74, 6) is 0.281. The number of nitrogens with zero attached hydrogens (tertiary/aromatic N) is 3. The molecule has 1 aromatic carbocycles. The van der Waals surface area contributed by atoms with E-state index in [1.807, 2.05) is 40.6 Å². The Kier molecular flexibility index (Phi) is 7.95. The van der Waals surface area contributed by atoms with Gasteiger partial charge in [0, 0.05) is 48.4 Å². The lowest BCUT2D eigenvalue weighted by Gasteiger charge is -2.16. The summed E-state index contributed by atoms with van der Waals surface area (Å²) in [4.78, 5) is 23.3. The van der Waals surface area contributed by atoms with Crippen LogP contribution in [0.1, 0.15) is 17.2 Å². The van der Waals surface area contributed by atoms with Crippen molar-refractivity contribution in [2.45, 2.75) is 18.4 Å². The third kappa shape index (κ3) is 4.89. The molecule has 1 saturated heterocycles. The first-order chi connectivity index (χ1) is 12.7. The topological polar surface area (TPSA) is 72.1 Å². The lowest BCUT2D eigenvalue weighted by atomic mass is 9.95. The molecule has 0 saturated carbocycles. The molecule has 1 amide bonds. The van der Waals surface area contributed by atoms with Gasteiger partial charge in [0.2, 0.25) is 5.91 Å². The van der Waals surface area contributed by atoms with E-state index in [1.54, 1.807) is 12.4 Å². The molecule has 3 heterocycles. The Bertz CT molecular complexity index is 891. The minimum Gasteiger partial charge on any atom is -0.340 e. The van der Waals surface area contributed by atoms with Gasteiger partial charge in [0.05, 0.1) is 12.1 Å². The van der Waals surface area contributed by atoms with Crippen LogP contribution in [-0.2, 0) is 11.2 Å². The van der Waals surface area contributed by atoms with E-state index in [-0.39, 0.29) is 42.7 Å². The van der Waals surface area contributed by atoms with Crippen molar-refractivity contribution in [3.8, 4) is 10.6 Å². The van der Waals surface area contributed by atoms with E-state index in [0.717, 1.165) is 16.3 Å². The Labute approximate surface area is 180 Å². The number of hydrogen-bond donors (Lipinski definition) is 1. The number of aromatic nitrogens is 2. The number of thiazole rings is 1. The molecule has 2 atom stereocenters. The molecule has 1 fully saturated rings. The second kappa shape index (κ2) is 9.98. The van der Waals surface area contributed by atoms with Gasteiger partial charge < -0.3 is 10.6 Å². The highest BCUT2D eigenvalue weighted by molar-refractivity contribution is 7.13. The maximum Gasteiger partial charge on any atom is 0.228 e. The fraction of sp³-hybridized carbons (Fsp3) is 0.250. The van der Waals surface area contributed by atoms with Gasteiger partial charge in [-0.1, -0.05) is 30.3 Å². The molecule has 4 rings (SSSR count). The van der Waals surface area contributed by atoms with Gasteiger partial charge in [0.25, 0.3) is 0 Å². The summed E-state index contributed by atoms with van der Waals surface area (Å²) in [5.41, 5.74) is 9.27. The van der Waals surface area contributed by atoms with Crippen molar-refractivity contribution in [1.82, 2.24) is 14.9 Å². The van der Waals surface area contributed by atoms with Crippen molar-refractivity contribution < 1.29 is 4.79 Å². The number of benzene rings is 1. The molecule has 0 unspecified atom stereocenters. The van der Waals surface area contributed by atoms with E-state index in [9.17, 15) is 4.79 Å². The quantitative estimate of drug-likeness (QED) is 0.678. The minimum atomic E-state index is -0.0252. The van der Waals surface area contributed by atoms with Gasteiger partial charge in [-0.15, -0.1) is 36.2 Å². The SMILES string of the molecule is Cl.Cl.N[C@@H]1CN(C(=O)Cc2csc(-c3cccnc3)n2)C[C@H]1c1ccccc1. The molecule has 2 aromatic heterocycles. The largest absolute Gasteiger partial charge is 0.340 e. The molecule has 8 heteroatoms. The molecule has 3 aromatic rings. The van der Waals surface area contributed by atoms with Crippen LogP contribution in [0.3, 0.4) is 0 Å². The normalized spacial score (nSPS) is 18.2. The zero-order valence-corrected chi connectivity index (χ0v) is 17.6. The Hall–Kier alpha value is -1.99. The van der Waals surface area contributed by atoms with Gasteiger partial charge in [-0.2, -0.15) is 0 Å². The van der Waals surface area contributed by atoms with Gasteiger partial charge in [-0.25, -0.2) is 4.98 Å². The van der Waals surface area contributed by atoms with Crippen LogP contribution in [0.25, 0.3) is 10.6 Å². The molecule has 1 aliphatic heterocycles. The molecule has 0 spiro atoms. The monoisotopic (exact) mass is 436 g/mol. The second-order valence-corrected chi connectivity index (χ2v) is 7.40. The van der Waals surface area contributed by atoms with E-state index in [0.29, 0.717) is 19.5 Å². The smallest absolute Gasteiger partial charge is 0.228 e. The molecular formula is C20H22Cl2N4OS. The highest BCUT2D eigenvalue weighted by Gasteiger charge is 2.33. The van der Waals surface area contributed by atoms with Crippen molar-refractivity contribution >= 4 is 42.1 Å². The van der Waals surface area contributed by atoms with Gasteiger partial charge >= 0.3 is 0 Å². The van der Waals surface area contributed by atoms with Crippen molar-refractivity contribution in [2.24, 2.45) is 5.73 Å². The predicted octanol–water partition coefficient (Wildman–Crippen LogP) is 3.54. The zero-order chi connectivity index (χ0) is 17.9. The molecular weight excluding hydrogens is 415 g/mol. The number of halogens is 2. The van der Waals surface area contributed by atoms with Crippen LogP contribution >= 0.6 is 36.2 Å². The number of nitrogens with two attached hydrogens (primary N) is 1. The molecule has 148 valence electrons. The standard InChI is InChI=1S/C20H20N4OS.2ClH/c21-18-12-24(11-17(18)14-5-2-1-3-6-14)19(25)9-16-13-26-20(23-16)15-7-4-8-22-10-15;;/h1-8,10,13,17-18H,9,11-12,21H2;2*1H/t17-,18+;;/m0../s1. The van der Waals surface area contributed by atoms with Crippen molar-refractivity contribution in [2.75, 3.05) is 13.1 Å². The summed E-state index contributed by atoms with van der Waals surface area (Å²) >= 11 is 1.54. The lowest BCUT2D eigenvalue weighted by Crippen LogP contribution is -2.33. The van der Waals surface area contributed by atoms with Crippen LogP contribution in [0.5, 0.6) is 0 Å². The van der Waals surface area contributed by atoms with Crippen molar-refractivity contribution in [3.05, 3.63) is 71.5 Å². The van der Waals surface area contributed by atoms with E-state index < -0.39 is 0 Å². The molecule has 28 heavy (non-hydrogen) atoms. The summed E-state index contributed by atoms with van der Waals surface area (Å²) < 4.78 is 0. The van der Waals surface area contributed by atoms with Crippen LogP contribution in [0, 0.1) is 0 Å². The maximum absolute atomic E-state index is 12.7. The Morgan fingerprint density at radius 3 is 2.64 bits per heavy atom. The fourth-order valence-corrected chi connectivity index (χ4v) is 4.17. The summed E-state index contributed by atoms with van der Waals surface area (Å²) in [5, 5.41) is 2.84. The summed E-state index contributed by atoms with van der Waals surface area (Å²) in [6, 6.07) is 14.0. The van der Waals surface area contributed by atoms with Gasteiger partial charge in [0.15, 0.2) is 0 Å². The molecule has 0 aliphatic carbocycles. The summed E-state index contributed by atoms with van der Waals surface area (Å²) in [7, 11) is 0. The van der Waals surface area contributed by atoms with Gasteiger partial charge in [-0.3, -0.25) is 9.78 Å². The van der Waals surface area contributed by atoms with Gasteiger partial charge in [-0.05, 0) is 17.7 Å². The van der Waals surface area contributed by atoms with E-state index in [1.165, 1.54) is 16.9 Å². The summed E-state index contributed by atoms with van der Waals surface area (Å²) in [6.45, 7) is 1.27. The van der Waals surface area contributed by atoms with Crippen LogP contribution in [0.15, 0.2) is 60.2 Å². The first-order valence-electron chi connectivity index (χ1n) is 8.64. The Morgan fingerprint density at radius 2 is 1.93 bits per heavy atom. The van der Waals surface area contributed by atoms with Gasteiger partial charge in [0.1, 0.15) is 5.01 Å². The van der Waals surface area contributed by atoms with E-state index in [2.05, 4.69) is 22.1 Å². The number of carbonyl (C=O) groups excluding carboxylic acids is 1. The number of amides is 1. The number of pyridine rings is 1. The van der Waals surface area contributed by atoms with Crippen molar-refractivity contribution in [1.29, 1.82) is 0 Å². The minimum absolute atomic E-state index is 0. The number of rotatable bonds is 4. The second-order valence-electron chi connectivity index (χ2n) is 6.54. The lowest BCUT2D eigenvalue weighted by molar-refractivity contribution is -0.129. The van der Waals surface area contributed by atoms with Crippen LogP contribution in [0.4, 0.5) is 0 Å². The third-order valence-corrected chi connectivity index (χ3v) is 5.68. The molecule has 0 bridgehead atoms. The Morgan fingerprint density at radius 1 is 1.14 bits per heavy atom. The first kappa shape index (κ1) is 22.3. The molecule has 2 N–H and O–H groups in total. The highest BCUT2D eigenvalue weighted by atomic mass is 35.5. The average molecular weight is 437 g/mol. The number of likely N-dealkylation sites (tertiary alicyclic amines) is 1. The number of hydrogen-bond acceptors (Lipinski definition) is 5.